The fourth-order valence-corrected chi connectivity index (χ4v) is 4.90. The fourth-order valence-electron chi connectivity index (χ4n) is 4.90. The van der Waals surface area contributed by atoms with Gasteiger partial charge in [0.2, 0.25) is 11.8 Å². The van der Waals surface area contributed by atoms with E-state index in [0.717, 1.165) is 11.1 Å². The van der Waals surface area contributed by atoms with Gasteiger partial charge in [0.1, 0.15) is 18.3 Å². The number of esters is 1. The van der Waals surface area contributed by atoms with Gasteiger partial charge in [-0.2, -0.15) is 0 Å². The van der Waals surface area contributed by atoms with Crippen LogP contribution in [0.2, 0.25) is 0 Å². The lowest BCUT2D eigenvalue weighted by atomic mass is 9.97. The van der Waals surface area contributed by atoms with E-state index >= 15 is 0 Å². The summed E-state index contributed by atoms with van der Waals surface area (Å²) in [5, 5.41) is 8.19. The van der Waals surface area contributed by atoms with Crippen LogP contribution < -0.4 is 21.5 Å². The third kappa shape index (κ3) is 9.15. The van der Waals surface area contributed by atoms with Crippen LogP contribution in [0.5, 0.6) is 0 Å². The number of nitrogens with one attached hydrogen (secondary N) is 3. The number of benzene rings is 2. The molecule has 1 saturated heterocycles. The molecular formula is C33H36N4O7. The predicted molar refractivity (Wildman–Crippen MR) is 164 cm³/mol. The van der Waals surface area contributed by atoms with Gasteiger partial charge in [-0.05, 0) is 43.0 Å². The van der Waals surface area contributed by atoms with Crippen LogP contribution in [-0.4, -0.2) is 47.6 Å². The number of nitrogens with zero attached hydrogens (tertiary/aromatic N) is 1. The second-order valence-electron chi connectivity index (χ2n) is 10.3. The lowest BCUT2D eigenvalue weighted by Gasteiger charge is -2.24. The highest BCUT2D eigenvalue weighted by molar-refractivity contribution is 5.85. The topological polar surface area (TPSA) is 145 Å². The number of ether oxygens (including phenoxy) is 2. The number of aromatic nitrogens is 1. The molecule has 0 spiro atoms. The van der Waals surface area contributed by atoms with Crippen LogP contribution in [0.3, 0.4) is 0 Å². The molecule has 0 bridgehead atoms. The van der Waals surface area contributed by atoms with Crippen LogP contribution in [0, 0.1) is 5.92 Å². The molecule has 44 heavy (non-hydrogen) atoms. The van der Waals surface area contributed by atoms with Crippen LogP contribution >= 0.6 is 0 Å². The second kappa shape index (κ2) is 15.9. The lowest BCUT2D eigenvalue weighted by Crippen LogP contribution is -2.43. The molecule has 11 nitrogen and oxygen atoms in total. The van der Waals surface area contributed by atoms with Crippen molar-refractivity contribution in [1.29, 1.82) is 0 Å². The summed E-state index contributed by atoms with van der Waals surface area (Å²) in [6.45, 7) is 2.43. The standard InChI is InChI=1S/C33H36N4O7/c1-2-43-29(38)16-15-26(21-25-17-18-34-30(25)39)35-31(40)28(20-23-10-5-3-6-11-23)37-19-9-14-27(32(37)41)36-33(42)44-22-24-12-7-4-8-13-24/h3-16,19,25-26,28H,2,17-18,20-22H2,1H3,(H,34,39)(H,35,40)(H,36,42)/b16-15+/t25-,26+,28-/m0/s1. The molecule has 4 rings (SSSR count). The van der Waals surface area contributed by atoms with Gasteiger partial charge in [0.05, 0.1) is 6.61 Å². The normalized spacial score (nSPS) is 15.7. The first kappa shape index (κ1) is 31.7. The van der Waals surface area contributed by atoms with Gasteiger partial charge in [0, 0.05) is 37.2 Å². The molecule has 2 heterocycles. The summed E-state index contributed by atoms with van der Waals surface area (Å²) in [6, 6.07) is 19.6. The van der Waals surface area contributed by atoms with Gasteiger partial charge < -0.3 is 24.7 Å². The maximum Gasteiger partial charge on any atom is 0.412 e. The highest BCUT2D eigenvalue weighted by Gasteiger charge is 2.30. The molecule has 3 aromatic rings. The minimum atomic E-state index is -1.03. The van der Waals surface area contributed by atoms with E-state index in [1.165, 1.54) is 29.0 Å². The molecule has 230 valence electrons. The number of amides is 3. The van der Waals surface area contributed by atoms with Crippen molar-refractivity contribution < 1.29 is 28.7 Å². The predicted octanol–water partition coefficient (Wildman–Crippen LogP) is 3.51. The quantitative estimate of drug-likeness (QED) is 0.201. The number of hydrogen-bond acceptors (Lipinski definition) is 7. The molecule has 3 amide bonds. The Labute approximate surface area is 255 Å². The van der Waals surface area contributed by atoms with Crippen molar-refractivity contribution in [1.82, 2.24) is 15.2 Å². The van der Waals surface area contributed by atoms with Gasteiger partial charge >= 0.3 is 12.1 Å². The van der Waals surface area contributed by atoms with Gasteiger partial charge in [-0.3, -0.25) is 19.7 Å². The van der Waals surface area contributed by atoms with Crippen molar-refractivity contribution >= 4 is 29.6 Å². The Morgan fingerprint density at radius 2 is 1.68 bits per heavy atom. The Bertz CT molecular complexity index is 1520. The largest absolute Gasteiger partial charge is 0.463 e. The van der Waals surface area contributed by atoms with E-state index in [2.05, 4.69) is 16.0 Å². The molecule has 11 heteroatoms. The zero-order valence-corrected chi connectivity index (χ0v) is 24.4. The minimum absolute atomic E-state index is 0.0203. The van der Waals surface area contributed by atoms with Gasteiger partial charge in [-0.15, -0.1) is 0 Å². The van der Waals surface area contributed by atoms with Crippen molar-refractivity contribution in [3.8, 4) is 0 Å². The van der Waals surface area contributed by atoms with Gasteiger partial charge in [-0.25, -0.2) is 9.59 Å². The van der Waals surface area contributed by atoms with Crippen molar-refractivity contribution in [2.45, 2.75) is 44.9 Å². The summed E-state index contributed by atoms with van der Waals surface area (Å²) in [6.07, 6.45) is 4.41. The summed E-state index contributed by atoms with van der Waals surface area (Å²) in [7, 11) is 0. The molecule has 0 unspecified atom stereocenters. The van der Waals surface area contributed by atoms with Crippen molar-refractivity contribution in [3.63, 3.8) is 0 Å². The first-order valence-corrected chi connectivity index (χ1v) is 14.5. The van der Waals surface area contributed by atoms with Crippen LogP contribution in [0.25, 0.3) is 0 Å². The summed E-state index contributed by atoms with van der Waals surface area (Å²) < 4.78 is 11.5. The zero-order chi connectivity index (χ0) is 31.3. The molecule has 3 atom stereocenters. The van der Waals surface area contributed by atoms with Crippen molar-refractivity contribution in [2.24, 2.45) is 5.92 Å². The second-order valence-corrected chi connectivity index (χ2v) is 10.3. The summed E-state index contributed by atoms with van der Waals surface area (Å²) >= 11 is 0. The number of carbonyl (C=O) groups excluding carboxylic acids is 4. The van der Waals surface area contributed by atoms with E-state index in [1.54, 1.807) is 13.0 Å². The molecule has 0 saturated carbocycles. The summed E-state index contributed by atoms with van der Waals surface area (Å²) in [5.41, 5.74) is 0.926. The van der Waals surface area contributed by atoms with Gasteiger partial charge in [0.15, 0.2) is 0 Å². The first-order valence-electron chi connectivity index (χ1n) is 14.5. The van der Waals surface area contributed by atoms with E-state index in [1.807, 2.05) is 60.7 Å². The molecule has 1 aliphatic heterocycles. The Morgan fingerprint density at radius 3 is 2.34 bits per heavy atom. The van der Waals surface area contributed by atoms with E-state index in [0.29, 0.717) is 13.0 Å². The Hall–Kier alpha value is -5.19. The third-order valence-electron chi connectivity index (χ3n) is 7.11. The number of hydrogen-bond donors (Lipinski definition) is 3. The lowest BCUT2D eigenvalue weighted by molar-refractivity contribution is -0.137. The van der Waals surface area contributed by atoms with Crippen LogP contribution in [0.4, 0.5) is 10.5 Å². The summed E-state index contributed by atoms with van der Waals surface area (Å²) in [5.74, 6) is -1.55. The zero-order valence-electron chi connectivity index (χ0n) is 24.4. The number of rotatable bonds is 13. The van der Waals surface area contributed by atoms with E-state index < -0.39 is 35.6 Å². The SMILES string of the molecule is CCOC(=O)/C=C/[C@H](C[C@@H]1CCNC1=O)NC(=O)[C@H](Cc1ccccc1)n1cccc(NC(=O)OCc2ccccc2)c1=O. The highest BCUT2D eigenvalue weighted by Crippen LogP contribution is 2.20. The molecule has 3 N–H and O–H groups in total. The monoisotopic (exact) mass is 600 g/mol. The Balaban J connectivity index is 1.57. The molecule has 2 aromatic carbocycles. The summed E-state index contributed by atoms with van der Waals surface area (Å²) in [4.78, 5) is 64.3. The molecular weight excluding hydrogens is 564 g/mol. The average Bonchev–Trinajstić information content (AvgIpc) is 3.43. The number of pyridine rings is 1. The minimum Gasteiger partial charge on any atom is -0.463 e. The third-order valence-corrected chi connectivity index (χ3v) is 7.11. The van der Waals surface area contributed by atoms with E-state index in [9.17, 15) is 24.0 Å². The van der Waals surface area contributed by atoms with Gasteiger partial charge in [0.25, 0.3) is 5.56 Å². The molecule has 0 radical (unpaired) electrons. The van der Waals surface area contributed by atoms with E-state index in [-0.39, 0.29) is 43.6 Å². The van der Waals surface area contributed by atoms with Crippen molar-refractivity contribution in [3.05, 3.63) is 113 Å². The van der Waals surface area contributed by atoms with Crippen LogP contribution in [0.15, 0.2) is 95.9 Å². The average molecular weight is 601 g/mol. The van der Waals surface area contributed by atoms with Crippen LogP contribution in [0.1, 0.15) is 36.9 Å². The Morgan fingerprint density at radius 1 is 0.977 bits per heavy atom. The highest BCUT2D eigenvalue weighted by atomic mass is 16.5. The molecule has 1 aromatic heterocycles. The van der Waals surface area contributed by atoms with Crippen LogP contribution in [-0.2, 0) is 36.9 Å². The first-order chi connectivity index (χ1) is 21.3. The Kier molecular flexibility index (Phi) is 11.5. The van der Waals surface area contributed by atoms with Gasteiger partial charge in [-0.1, -0.05) is 66.7 Å². The maximum absolute atomic E-state index is 13.9. The molecule has 1 fully saturated rings. The van der Waals surface area contributed by atoms with E-state index in [4.69, 9.17) is 9.47 Å². The number of anilines is 1. The van der Waals surface area contributed by atoms with Crippen molar-refractivity contribution in [2.75, 3.05) is 18.5 Å². The smallest absolute Gasteiger partial charge is 0.412 e. The number of carbonyl (C=O) groups is 4. The fraction of sp³-hybridized carbons (Fsp3) is 0.303. The molecule has 1 aliphatic rings. The molecule has 0 aliphatic carbocycles. The maximum atomic E-state index is 13.9.